The van der Waals surface area contributed by atoms with Gasteiger partial charge in [-0.05, 0) is 54.4 Å². The molecule has 4 rings (SSSR count). The average Bonchev–Trinajstić information content (AvgIpc) is 3.34. The minimum Gasteiger partial charge on any atom is -0.493 e. The molecular weight excluding hydrogens is 576 g/mol. The second kappa shape index (κ2) is 13.5. The monoisotopic (exact) mass is 608 g/mol. The number of amides is 1. The zero-order valence-electron chi connectivity index (χ0n) is 23.3. The summed E-state index contributed by atoms with van der Waals surface area (Å²) >= 11 is 0.880. The Morgan fingerprint density at radius 1 is 1.07 bits per heavy atom. The van der Waals surface area contributed by atoms with Gasteiger partial charge in [0.1, 0.15) is 12.4 Å². The Kier molecular flexibility index (Phi) is 9.78. The summed E-state index contributed by atoms with van der Waals surface area (Å²) < 4.78 is 40.9. The largest absolute Gasteiger partial charge is 0.493 e. The van der Waals surface area contributed by atoms with E-state index in [2.05, 4.69) is 20.3 Å². The van der Waals surface area contributed by atoms with Crippen molar-refractivity contribution in [3.8, 4) is 11.5 Å². The third-order valence-electron chi connectivity index (χ3n) is 6.12. The minimum atomic E-state index is -3.97. The van der Waals surface area contributed by atoms with Gasteiger partial charge in [-0.3, -0.25) is 10.2 Å². The molecule has 1 amide bonds. The van der Waals surface area contributed by atoms with Crippen molar-refractivity contribution in [3.05, 3.63) is 95.2 Å². The third-order valence-corrected chi connectivity index (χ3v) is 9.23. The van der Waals surface area contributed by atoms with Gasteiger partial charge >= 0.3 is 0 Å². The Morgan fingerprint density at radius 3 is 2.43 bits per heavy atom. The van der Waals surface area contributed by atoms with Crippen molar-refractivity contribution in [1.82, 2.24) is 9.71 Å². The van der Waals surface area contributed by atoms with Crippen LogP contribution in [-0.2, 0) is 21.4 Å². The number of methoxy groups -OCH3 is 1. The van der Waals surface area contributed by atoms with Gasteiger partial charge in [-0.1, -0.05) is 47.7 Å². The first-order valence-corrected chi connectivity index (χ1v) is 15.2. The maximum Gasteiger partial charge on any atom is 0.252 e. The average molecular weight is 609 g/mol. The molecule has 1 heterocycles. The fourth-order valence-electron chi connectivity index (χ4n) is 4.05. The third kappa shape index (κ3) is 7.84. The van der Waals surface area contributed by atoms with E-state index < -0.39 is 16.1 Å². The van der Waals surface area contributed by atoms with Gasteiger partial charge in [-0.15, -0.1) is 0 Å². The highest BCUT2D eigenvalue weighted by Gasteiger charge is 2.25. The number of sulfonamides is 1. The van der Waals surface area contributed by atoms with Crippen LogP contribution < -0.4 is 30.6 Å². The number of ether oxygens (including phenoxy) is 2. The highest BCUT2D eigenvalue weighted by Crippen LogP contribution is 2.33. The second-order valence-electron chi connectivity index (χ2n) is 9.30. The van der Waals surface area contributed by atoms with Gasteiger partial charge < -0.3 is 25.8 Å². The van der Waals surface area contributed by atoms with Gasteiger partial charge in [0, 0.05) is 24.7 Å². The quantitative estimate of drug-likeness (QED) is 0.110. The number of hydrogen-bond donors (Lipinski definition) is 5. The van der Waals surface area contributed by atoms with Crippen LogP contribution in [0.15, 0.2) is 77.0 Å². The Balaban J connectivity index is 1.59. The molecule has 0 saturated carbocycles. The number of carbonyl (C=O) groups excluding carboxylic acids is 1. The van der Waals surface area contributed by atoms with Crippen LogP contribution in [0.1, 0.15) is 35.3 Å². The van der Waals surface area contributed by atoms with Gasteiger partial charge in [0.2, 0.25) is 5.91 Å². The number of thiazole rings is 1. The van der Waals surface area contributed by atoms with Crippen molar-refractivity contribution >= 4 is 43.9 Å². The number of rotatable bonds is 13. The van der Waals surface area contributed by atoms with E-state index in [1.165, 1.54) is 6.92 Å². The van der Waals surface area contributed by atoms with E-state index in [1.807, 2.05) is 36.4 Å². The normalized spacial score (nSPS) is 11.9. The molecular formula is C29H32N6O5S2. The molecule has 0 fully saturated rings. The number of carbonyl (C=O) groups is 1. The van der Waals surface area contributed by atoms with Crippen molar-refractivity contribution in [2.24, 2.45) is 5.73 Å². The summed E-state index contributed by atoms with van der Waals surface area (Å²) in [6.07, 6.45) is 0. The number of nitrogen functional groups attached to an aromatic ring is 1. The van der Waals surface area contributed by atoms with Crippen molar-refractivity contribution in [3.63, 3.8) is 0 Å². The van der Waals surface area contributed by atoms with E-state index in [-0.39, 0.29) is 33.3 Å². The Labute approximate surface area is 248 Å². The van der Waals surface area contributed by atoms with Crippen LogP contribution in [0.25, 0.3) is 0 Å². The first-order chi connectivity index (χ1) is 20.1. The summed E-state index contributed by atoms with van der Waals surface area (Å²) in [5.41, 5.74) is 8.86. The number of hydrogen-bond acceptors (Lipinski definition) is 9. The van der Waals surface area contributed by atoms with E-state index in [0.717, 1.165) is 22.5 Å². The number of anilines is 2. The zero-order valence-corrected chi connectivity index (χ0v) is 24.9. The van der Waals surface area contributed by atoms with Crippen LogP contribution in [0, 0.1) is 12.3 Å². The summed E-state index contributed by atoms with van der Waals surface area (Å²) in [7, 11) is -2.43. The molecule has 1 aromatic heterocycles. The van der Waals surface area contributed by atoms with E-state index in [0.29, 0.717) is 29.4 Å². The summed E-state index contributed by atoms with van der Waals surface area (Å²) in [4.78, 5) is 15.6. The second-order valence-corrected chi connectivity index (χ2v) is 12.3. The number of amidine groups is 1. The zero-order chi connectivity index (χ0) is 30.3. The summed E-state index contributed by atoms with van der Waals surface area (Å²) in [5, 5.41) is 13.7. The lowest BCUT2D eigenvalue weighted by Crippen LogP contribution is -2.31. The standard InChI is InChI=1S/C29H32N6O5S2/c1-18-28(41-29(33-18)34-19(2)36)42(37,38)32-16-24(35-23-12-9-21(10-13-23)27(30)31)22-11-14-25(26(15-22)39-3)40-17-20-7-5-4-6-8-20/h4-15,24,32,35H,16-17H2,1-3H3,(H3,30,31)(H,33,34,36). The van der Waals surface area contributed by atoms with Gasteiger partial charge in [-0.2, -0.15) is 0 Å². The molecule has 0 aliphatic rings. The van der Waals surface area contributed by atoms with Crippen LogP contribution >= 0.6 is 11.3 Å². The van der Waals surface area contributed by atoms with Crippen LogP contribution in [0.5, 0.6) is 11.5 Å². The molecule has 13 heteroatoms. The molecule has 4 aromatic rings. The first-order valence-electron chi connectivity index (χ1n) is 12.9. The number of benzene rings is 3. The van der Waals surface area contributed by atoms with Crippen LogP contribution in [-0.4, -0.2) is 38.8 Å². The molecule has 0 aliphatic carbocycles. The first kappa shape index (κ1) is 30.5. The Hall–Kier alpha value is -4.46. The summed E-state index contributed by atoms with van der Waals surface area (Å²) in [5.74, 6) is 0.635. The number of aromatic nitrogens is 1. The lowest BCUT2D eigenvalue weighted by Gasteiger charge is -2.22. The number of nitrogens with zero attached hydrogens (tertiary/aromatic N) is 1. The van der Waals surface area contributed by atoms with Crippen molar-refractivity contribution in [2.45, 2.75) is 30.7 Å². The summed E-state index contributed by atoms with van der Waals surface area (Å²) in [6, 6.07) is 21.6. The van der Waals surface area contributed by atoms with Gasteiger partial charge in [0.05, 0.1) is 18.8 Å². The van der Waals surface area contributed by atoms with Crippen molar-refractivity contribution in [1.29, 1.82) is 5.41 Å². The number of aryl methyl sites for hydroxylation is 1. The SMILES string of the molecule is COc1cc(C(CNS(=O)(=O)c2sc(NC(C)=O)nc2C)Nc2ccc(C(=N)N)cc2)ccc1OCc1ccccc1. The molecule has 11 nitrogen and oxygen atoms in total. The smallest absolute Gasteiger partial charge is 0.252 e. The minimum absolute atomic E-state index is 0.0121. The summed E-state index contributed by atoms with van der Waals surface area (Å²) in [6.45, 7) is 3.22. The van der Waals surface area contributed by atoms with E-state index in [9.17, 15) is 13.2 Å². The topological polar surface area (TPSA) is 169 Å². The maximum absolute atomic E-state index is 13.3. The lowest BCUT2D eigenvalue weighted by molar-refractivity contribution is -0.114. The fraction of sp³-hybridized carbons (Fsp3) is 0.207. The van der Waals surface area contributed by atoms with Crippen molar-refractivity contribution in [2.75, 3.05) is 24.3 Å². The van der Waals surface area contributed by atoms with Crippen LogP contribution in [0.2, 0.25) is 0 Å². The molecule has 0 spiro atoms. The van der Waals surface area contributed by atoms with E-state index in [1.54, 1.807) is 50.4 Å². The van der Waals surface area contributed by atoms with Gasteiger partial charge in [0.25, 0.3) is 10.0 Å². The molecule has 0 saturated heterocycles. The highest BCUT2D eigenvalue weighted by atomic mass is 32.2. The molecule has 1 atom stereocenters. The molecule has 1 unspecified atom stereocenters. The predicted molar refractivity (Wildman–Crippen MR) is 164 cm³/mol. The Morgan fingerprint density at radius 2 is 1.79 bits per heavy atom. The highest BCUT2D eigenvalue weighted by molar-refractivity contribution is 7.91. The molecule has 220 valence electrons. The molecule has 6 N–H and O–H groups in total. The molecule has 0 aliphatic heterocycles. The van der Waals surface area contributed by atoms with Crippen LogP contribution in [0.3, 0.4) is 0 Å². The predicted octanol–water partition coefficient (Wildman–Crippen LogP) is 4.41. The maximum atomic E-state index is 13.3. The van der Waals surface area contributed by atoms with E-state index >= 15 is 0 Å². The number of nitrogens with two attached hydrogens (primary N) is 1. The molecule has 0 radical (unpaired) electrons. The molecule has 3 aromatic carbocycles. The fourth-order valence-corrected chi connectivity index (χ4v) is 6.60. The van der Waals surface area contributed by atoms with Crippen molar-refractivity contribution < 1.29 is 22.7 Å². The van der Waals surface area contributed by atoms with Crippen LogP contribution in [0.4, 0.5) is 10.8 Å². The Bertz CT molecular complexity index is 1660. The molecule has 0 bridgehead atoms. The van der Waals surface area contributed by atoms with Gasteiger partial charge in [-0.25, -0.2) is 18.1 Å². The molecule has 42 heavy (non-hydrogen) atoms. The van der Waals surface area contributed by atoms with E-state index in [4.69, 9.17) is 20.6 Å². The van der Waals surface area contributed by atoms with Gasteiger partial charge in [0.15, 0.2) is 20.8 Å². The number of nitrogens with one attached hydrogen (secondary N) is 4. The lowest BCUT2D eigenvalue weighted by atomic mass is 10.1.